The second kappa shape index (κ2) is 3.70. The topological polar surface area (TPSA) is 49.7 Å². The molecule has 0 amide bonds. The zero-order valence-corrected chi connectivity index (χ0v) is 8.22. The lowest BCUT2D eigenvalue weighted by Gasteiger charge is -2.05. The van der Waals surface area contributed by atoms with Crippen LogP contribution in [0.5, 0.6) is 0 Å². The van der Waals surface area contributed by atoms with Crippen LogP contribution >= 0.6 is 11.8 Å². The molecule has 1 heterocycles. The lowest BCUT2D eigenvalue weighted by Crippen LogP contribution is -2.17. The highest BCUT2D eigenvalue weighted by Crippen LogP contribution is 2.33. The van der Waals surface area contributed by atoms with Gasteiger partial charge in [-0.2, -0.15) is 0 Å². The monoisotopic (exact) mass is 199 g/mol. The Hall–Kier alpha value is -0.510. The molecule has 72 valence electrons. The maximum Gasteiger partial charge on any atom is 0.329 e. The fourth-order valence-electron chi connectivity index (χ4n) is 1.91. The van der Waals surface area contributed by atoms with Gasteiger partial charge in [0.05, 0.1) is 5.04 Å². The van der Waals surface area contributed by atoms with Crippen LogP contribution in [0, 0.1) is 5.92 Å². The first kappa shape index (κ1) is 9.06. The standard InChI is InChI=1S/C9H13NO2S/c11-9(12)7-5-13-8(10-7)6-3-1-2-4-6/h6-7H,1-5H2,(H,11,12). The van der Waals surface area contributed by atoms with E-state index >= 15 is 0 Å². The molecule has 1 N–H and O–H groups in total. The number of rotatable bonds is 2. The highest BCUT2D eigenvalue weighted by atomic mass is 32.2. The van der Waals surface area contributed by atoms with Gasteiger partial charge in [0.1, 0.15) is 0 Å². The number of nitrogens with zero attached hydrogens (tertiary/aromatic N) is 1. The van der Waals surface area contributed by atoms with E-state index in [0.717, 1.165) is 5.04 Å². The van der Waals surface area contributed by atoms with Gasteiger partial charge in [0.2, 0.25) is 0 Å². The van der Waals surface area contributed by atoms with Crippen LogP contribution in [0.1, 0.15) is 25.7 Å². The van der Waals surface area contributed by atoms with Gasteiger partial charge >= 0.3 is 5.97 Å². The van der Waals surface area contributed by atoms with Gasteiger partial charge in [-0.15, -0.1) is 11.8 Å². The molecule has 1 aliphatic carbocycles. The molecule has 4 heteroatoms. The first-order valence-electron chi connectivity index (χ1n) is 4.70. The summed E-state index contributed by atoms with van der Waals surface area (Å²) in [5, 5.41) is 9.86. The molecule has 1 atom stereocenters. The molecule has 0 radical (unpaired) electrons. The molecule has 1 aliphatic heterocycles. The van der Waals surface area contributed by atoms with Gasteiger partial charge in [-0.1, -0.05) is 12.8 Å². The summed E-state index contributed by atoms with van der Waals surface area (Å²) in [7, 11) is 0. The smallest absolute Gasteiger partial charge is 0.329 e. The predicted octanol–water partition coefficient (Wildman–Crippen LogP) is 1.78. The van der Waals surface area contributed by atoms with Crippen molar-refractivity contribution in [3.8, 4) is 0 Å². The molecule has 13 heavy (non-hydrogen) atoms. The van der Waals surface area contributed by atoms with Gasteiger partial charge in [-0.3, -0.25) is 4.99 Å². The van der Waals surface area contributed by atoms with Crippen molar-refractivity contribution < 1.29 is 9.90 Å². The minimum atomic E-state index is -0.777. The maximum atomic E-state index is 10.6. The number of hydrogen-bond acceptors (Lipinski definition) is 3. The van der Waals surface area contributed by atoms with Gasteiger partial charge in [0.25, 0.3) is 0 Å². The number of aliphatic imine (C=N–C) groups is 1. The number of carboxylic acid groups (broad SMARTS) is 1. The van der Waals surface area contributed by atoms with E-state index in [1.54, 1.807) is 11.8 Å². The van der Waals surface area contributed by atoms with E-state index in [9.17, 15) is 4.79 Å². The fourth-order valence-corrected chi connectivity index (χ4v) is 3.13. The third kappa shape index (κ3) is 1.88. The van der Waals surface area contributed by atoms with E-state index in [1.165, 1.54) is 25.7 Å². The summed E-state index contributed by atoms with van der Waals surface area (Å²) in [6.07, 6.45) is 4.97. The van der Waals surface area contributed by atoms with Crippen molar-refractivity contribution in [2.45, 2.75) is 31.7 Å². The molecular weight excluding hydrogens is 186 g/mol. The normalized spacial score (nSPS) is 29.2. The minimum absolute atomic E-state index is 0.472. The molecule has 2 aliphatic rings. The Morgan fingerprint density at radius 3 is 2.69 bits per heavy atom. The summed E-state index contributed by atoms with van der Waals surface area (Å²) >= 11 is 1.65. The lowest BCUT2D eigenvalue weighted by molar-refractivity contribution is -0.137. The van der Waals surface area contributed by atoms with Crippen LogP contribution in [0.25, 0.3) is 0 Å². The van der Waals surface area contributed by atoms with Gasteiger partial charge in [-0.25, -0.2) is 4.79 Å². The van der Waals surface area contributed by atoms with Crippen molar-refractivity contribution >= 4 is 22.8 Å². The molecule has 2 rings (SSSR count). The Bertz CT molecular complexity index is 246. The van der Waals surface area contributed by atoms with E-state index < -0.39 is 12.0 Å². The molecule has 0 aromatic heterocycles. The van der Waals surface area contributed by atoms with Crippen molar-refractivity contribution in [2.75, 3.05) is 5.75 Å². The molecule has 3 nitrogen and oxygen atoms in total. The third-order valence-corrected chi connectivity index (χ3v) is 3.88. The number of hydrogen-bond donors (Lipinski definition) is 1. The van der Waals surface area contributed by atoms with Crippen LogP contribution < -0.4 is 0 Å². The fraction of sp³-hybridized carbons (Fsp3) is 0.778. The molecule has 0 bridgehead atoms. The average Bonchev–Trinajstić information content (AvgIpc) is 2.75. The van der Waals surface area contributed by atoms with Gasteiger partial charge in [0.15, 0.2) is 6.04 Å². The molecule has 1 fully saturated rings. The Morgan fingerprint density at radius 1 is 1.46 bits per heavy atom. The summed E-state index contributed by atoms with van der Waals surface area (Å²) in [5.41, 5.74) is 0. The summed E-state index contributed by atoms with van der Waals surface area (Å²) in [5.74, 6) is 0.441. The Morgan fingerprint density at radius 2 is 2.15 bits per heavy atom. The third-order valence-electron chi connectivity index (χ3n) is 2.66. The largest absolute Gasteiger partial charge is 0.480 e. The van der Waals surface area contributed by atoms with Crippen LogP contribution in [-0.4, -0.2) is 27.9 Å². The van der Waals surface area contributed by atoms with E-state index in [0.29, 0.717) is 11.7 Å². The average molecular weight is 199 g/mol. The van der Waals surface area contributed by atoms with Crippen molar-refractivity contribution in [3.63, 3.8) is 0 Å². The van der Waals surface area contributed by atoms with E-state index in [2.05, 4.69) is 4.99 Å². The summed E-state index contributed by atoms with van der Waals surface area (Å²) in [4.78, 5) is 14.9. The van der Waals surface area contributed by atoms with Crippen molar-refractivity contribution in [2.24, 2.45) is 10.9 Å². The SMILES string of the molecule is O=C(O)C1CSC(C2CCCC2)=N1. The molecular formula is C9H13NO2S. The van der Waals surface area contributed by atoms with Gasteiger partial charge in [0, 0.05) is 11.7 Å². The van der Waals surface area contributed by atoms with Crippen molar-refractivity contribution in [1.29, 1.82) is 0 Å². The second-order valence-corrected chi connectivity index (χ2v) is 4.65. The number of thioether (sulfide) groups is 1. The van der Waals surface area contributed by atoms with Gasteiger partial charge < -0.3 is 5.11 Å². The van der Waals surface area contributed by atoms with Crippen LogP contribution in [-0.2, 0) is 4.79 Å². The Kier molecular flexibility index (Phi) is 2.58. The summed E-state index contributed by atoms with van der Waals surface area (Å²) < 4.78 is 0. The number of carboxylic acids is 1. The number of carbonyl (C=O) groups is 1. The van der Waals surface area contributed by atoms with E-state index in [4.69, 9.17) is 5.11 Å². The molecule has 0 saturated heterocycles. The summed E-state index contributed by atoms with van der Waals surface area (Å²) in [6.45, 7) is 0. The van der Waals surface area contributed by atoms with Crippen LogP contribution in [0.2, 0.25) is 0 Å². The molecule has 0 aromatic rings. The van der Waals surface area contributed by atoms with Crippen LogP contribution in [0.4, 0.5) is 0 Å². The molecule has 0 aromatic carbocycles. The lowest BCUT2D eigenvalue weighted by atomic mass is 10.1. The van der Waals surface area contributed by atoms with Crippen molar-refractivity contribution in [3.05, 3.63) is 0 Å². The van der Waals surface area contributed by atoms with Crippen molar-refractivity contribution in [1.82, 2.24) is 0 Å². The van der Waals surface area contributed by atoms with E-state index in [-0.39, 0.29) is 0 Å². The zero-order valence-electron chi connectivity index (χ0n) is 7.40. The van der Waals surface area contributed by atoms with Crippen LogP contribution in [0.15, 0.2) is 4.99 Å². The predicted molar refractivity (Wildman–Crippen MR) is 53.3 cm³/mol. The quantitative estimate of drug-likeness (QED) is 0.737. The Balaban J connectivity index is 2.00. The first-order chi connectivity index (χ1) is 6.27. The zero-order chi connectivity index (χ0) is 9.26. The highest BCUT2D eigenvalue weighted by Gasteiger charge is 2.30. The minimum Gasteiger partial charge on any atom is -0.480 e. The maximum absolute atomic E-state index is 10.6. The van der Waals surface area contributed by atoms with Gasteiger partial charge in [-0.05, 0) is 12.8 Å². The second-order valence-electron chi connectivity index (χ2n) is 3.61. The number of aliphatic carboxylic acids is 1. The highest BCUT2D eigenvalue weighted by molar-refractivity contribution is 8.14. The molecule has 1 unspecified atom stereocenters. The van der Waals surface area contributed by atoms with Crippen LogP contribution in [0.3, 0.4) is 0 Å². The summed E-state index contributed by atoms with van der Waals surface area (Å²) in [6, 6.07) is -0.472. The molecule has 0 spiro atoms. The van der Waals surface area contributed by atoms with E-state index in [1.807, 2.05) is 0 Å². The Labute approximate surface area is 81.6 Å². The first-order valence-corrected chi connectivity index (χ1v) is 5.69. The molecule has 1 saturated carbocycles.